The van der Waals surface area contributed by atoms with E-state index in [1.54, 1.807) is 11.8 Å². The summed E-state index contributed by atoms with van der Waals surface area (Å²) in [5.74, 6) is 1.05. The third-order valence-corrected chi connectivity index (χ3v) is 5.65. The minimum Gasteiger partial charge on any atom is -0.351 e. The Labute approximate surface area is 173 Å². The van der Waals surface area contributed by atoms with Gasteiger partial charge in [-0.3, -0.25) is 0 Å². The predicted molar refractivity (Wildman–Crippen MR) is 117 cm³/mol. The molecule has 1 aliphatic heterocycles. The van der Waals surface area contributed by atoms with Crippen LogP contribution in [0.2, 0.25) is 0 Å². The summed E-state index contributed by atoms with van der Waals surface area (Å²) in [6, 6.07) is 16.3. The van der Waals surface area contributed by atoms with Crippen LogP contribution in [0, 0.1) is 6.92 Å². The van der Waals surface area contributed by atoms with Gasteiger partial charge in [0.15, 0.2) is 5.11 Å². The molecule has 2 aromatic carbocycles. The lowest BCUT2D eigenvalue weighted by Crippen LogP contribution is -2.42. The average molecular weight is 409 g/mol. The van der Waals surface area contributed by atoms with E-state index in [4.69, 9.17) is 16.7 Å². The van der Waals surface area contributed by atoms with Gasteiger partial charge in [0.05, 0.1) is 11.6 Å². The van der Waals surface area contributed by atoms with E-state index in [9.17, 15) is 0 Å². The first-order chi connectivity index (χ1) is 13.5. The highest BCUT2D eigenvalue weighted by Crippen LogP contribution is 2.35. The number of rotatable bonds is 4. The number of aryl methyl sites for hydroxylation is 1. The summed E-state index contributed by atoms with van der Waals surface area (Å²) >= 11 is 7.09. The lowest BCUT2D eigenvalue weighted by molar-refractivity contribution is 0.403. The smallest absolute Gasteiger partial charge is 0.258 e. The van der Waals surface area contributed by atoms with Crippen LogP contribution in [0.3, 0.4) is 0 Å². The Morgan fingerprint density at radius 2 is 1.75 bits per heavy atom. The van der Waals surface area contributed by atoms with Gasteiger partial charge in [0, 0.05) is 16.2 Å². The van der Waals surface area contributed by atoms with E-state index in [0.29, 0.717) is 16.8 Å². The Morgan fingerprint density at radius 1 is 1.04 bits per heavy atom. The first-order valence-corrected chi connectivity index (χ1v) is 10.5. The average Bonchev–Trinajstić information content (AvgIpc) is 3.17. The van der Waals surface area contributed by atoms with Crippen molar-refractivity contribution in [2.45, 2.75) is 24.8 Å². The molecule has 0 fully saturated rings. The summed E-state index contributed by atoms with van der Waals surface area (Å²) in [6.45, 7) is 4.02. The van der Waals surface area contributed by atoms with Crippen molar-refractivity contribution in [3.05, 3.63) is 71.2 Å². The molecule has 1 aromatic heterocycles. The van der Waals surface area contributed by atoms with E-state index in [1.165, 1.54) is 10.5 Å². The molecular weight excluding hydrogens is 388 g/mol. The minimum atomic E-state index is -0.157. The van der Waals surface area contributed by atoms with E-state index in [1.807, 2.05) is 31.2 Å². The summed E-state index contributed by atoms with van der Waals surface area (Å²) in [4.78, 5) is 5.87. The summed E-state index contributed by atoms with van der Waals surface area (Å²) in [5, 5.41) is 11.3. The van der Waals surface area contributed by atoms with Crippen molar-refractivity contribution >= 4 is 34.7 Å². The van der Waals surface area contributed by atoms with Crippen molar-refractivity contribution in [3.8, 4) is 11.4 Å². The molecule has 2 N–H and O–H groups in total. The monoisotopic (exact) mass is 408 g/mol. The zero-order valence-electron chi connectivity index (χ0n) is 15.8. The van der Waals surface area contributed by atoms with Crippen LogP contribution in [0.15, 0.2) is 63.6 Å². The van der Waals surface area contributed by atoms with E-state index in [0.717, 1.165) is 22.4 Å². The molecule has 0 radical (unpaired) electrons. The van der Waals surface area contributed by atoms with Crippen LogP contribution in [0.4, 0.5) is 0 Å². The molecule has 0 aliphatic carbocycles. The predicted octanol–water partition coefficient (Wildman–Crippen LogP) is 4.72. The van der Waals surface area contributed by atoms with Crippen molar-refractivity contribution in [3.63, 3.8) is 0 Å². The van der Waals surface area contributed by atoms with Crippen molar-refractivity contribution < 1.29 is 4.52 Å². The highest BCUT2D eigenvalue weighted by molar-refractivity contribution is 7.98. The van der Waals surface area contributed by atoms with E-state index in [2.05, 4.69) is 58.2 Å². The molecule has 142 valence electrons. The van der Waals surface area contributed by atoms with Gasteiger partial charge in [-0.2, -0.15) is 4.98 Å². The highest BCUT2D eigenvalue weighted by atomic mass is 32.2. The van der Waals surface area contributed by atoms with Crippen molar-refractivity contribution in [2.24, 2.45) is 0 Å². The van der Waals surface area contributed by atoms with Crippen LogP contribution in [-0.2, 0) is 0 Å². The van der Waals surface area contributed by atoms with Crippen LogP contribution in [0.5, 0.6) is 0 Å². The van der Waals surface area contributed by atoms with Crippen molar-refractivity contribution in [1.82, 2.24) is 20.8 Å². The standard InChI is InChI=1S/C21H20N4OS2/c1-12-4-6-15(7-5-12)19-24-20(26-25-19)17-13(2)22-21(27)23-18(17)14-8-10-16(28-3)11-9-14/h4-11,18H,1-3H3,(H2,22,23,27). The largest absolute Gasteiger partial charge is 0.351 e. The van der Waals surface area contributed by atoms with E-state index >= 15 is 0 Å². The number of benzene rings is 2. The fourth-order valence-electron chi connectivity index (χ4n) is 3.18. The number of hydrogen-bond donors (Lipinski definition) is 2. The van der Waals surface area contributed by atoms with Crippen LogP contribution in [0.1, 0.15) is 30.0 Å². The zero-order valence-corrected chi connectivity index (χ0v) is 17.4. The number of thiocarbonyl (C=S) groups is 1. The Morgan fingerprint density at radius 3 is 2.43 bits per heavy atom. The fourth-order valence-corrected chi connectivity index (χ4v) is 3.86. The highest BCUT2D eigenvalue weighted by Gasteiger charge is 2.30. The van der Waals surface area contributed by atoms with Crippen molar-refractivity contribution in [2.75, 3.05) is 6.26 Å². The van der Waals surface area contributed by atoms with Crippen LogP contribution in [-0.4, -0.2) is 21.5 Å². The van der Waals surface area contributed by atoms with Gasteiger partial charge in [-0.1, -0.05) is 47.1 Å². The molecule has 0 saturated heterocycles. The molecule has 7 heteroatoms. The summed E-state index contributed by atoms with van der Waals surface area (Å²) in [7, 11) is 0. The third-order valence-electron chi connectivity index (χ3n) is 4.68. The van der Waals surface area contributed by atoms with Crippen LogP contribution >= 0.6 is 24.0 Å². The molecular formula is C21H20N4OS2. The lowest BCUT2D eigenvalue weighted by atomic mass is 9.95. The Hall–Kier alpha value is -2.64. The molecule has 2 heterocycles. The van der Waals surface area contributed by atoms with Gasteiger partial charge in [0.2, 0.25) is 5.82 Å². The van der Waals surface area contributed by atoms with Crippen molar-refractivity contribution in [1.29, 1.82) is 0 Å². The molecule has 3 aromatic rings. The summed E-state index contributed by atoms with van der Waals surface area (Å²) in [6.07, 6.45) is 2.06. The van der Waals surface area contributed by atoms with Gasteiger partial charge >= 0.3 is 0 Å². The van der Waals surface area contributed by atoms with Gasteiger partial charge in [-0.25, -0.2) is 0 Å². The Balaban J connectivity index is 1.73. The third kappa shape index (κ3) is 3.68. The first kappa shape index (κ1) is 18.7. The van der Waals surface area contributed by atoms with Gasteiger partial charge in [0.1, 0.15) is 0 Å². The number of allylic oxidation sites excluding steroid dienone is 1. The molecule has 4 rings (SSSR count). The molecule has 0 bridgehead atoms. The van der Waals surface area contributed by atoms with Crippen LogP contribution < -0.4 is 10.6 Å². The molecule has 1 aliphatic rings. The molecule has 1 unspecified atom stereocenters. The number of nitrogens with zero attached hydrogens (tertiary/aromatic N) is 2. The molecule has 28 heavy (non-hydrogen) atoms. The Kier molecular flexibility index (Phi) is 5.19. The molecule has 1 atom stereocenters. The quantitative estimate of drug-likeness (QED) is 0.478. The minimum absolute atomic E-state index is 0.157. The zero-order chi connectivity index (χ0) is 19.7. The molecule has 0 saturated carbocycles. The van der Waals surface area contributed by atoms with E-state index < -0.39 is 0 Å². The molecule has 5 nitrogen and oxygen atoms in total. The van der Waals surface area contributed by atoms with E-state index in [-0.39, 0.29) is 6.04 Å². The maximum Gasteiger partial charge on any atom is 0.258 e. The van der Waals surface area contributed by atoms with Gasteiger partial charge in [-0.05, 0) is 50.0 Å². The van der Waals surface area contributed by atoms with Crippen LogP contribution in [0.25, 0.3) is 17.0 Å². The number of thioether (sulfide) groups is 1. The van der Waals surface area contributed by atoms with Gasteiger partial charge in [0.25, 0.3) is 5.89 Å². The summed E-state index contributed by atoms with van der Waals surface area (Å²) in [5.41, 5.74) is 5.00. The SMILES string of the molecule is CSc1ccc(C2NC(=S)NC(C)=C2c2nc(-c3ccc(C)cc3)no2)cc1. The second-order valence-electron chi connectivity index (χ2n) is 6.63. The number of aromatic nitrogens is 2. The number of nitrogens with one attached hydrogen (secondary N) is 2. The summed E-state index contributed by atoms with van der Waals surface area (Å²) < 4.78 is 5.64. The Bertz CT molecular complexity index is 1040. The first-order valence-electron chi connectivity index (χ1n) is 8.88. The second-order valence-corrected chi connectivity index (χ2v) is 7.92. The lowest BCUT2D eigenvalue weighted by Gasteiger charge is -2.29. The molecule has 0 spiro atoms. The normalized spacial score (nSPS) is 16.7. The maximum atomic E-state index is 5.64. The second kappa shape index (κ2) is 7.77. The van der Waals surface area contributed by atoms with Gasteiger partial charge < -0.3 is 15.2 Å². The maximum absolute atomic E-state index is 5.64. The van der Waals surface area contributed by atoms with Gasteiger partial charge in [-0.15, -0.1) is 11.8 Å². The fraction of sp³-hybridized carbons (Fsp3) is 0.190. The number of hydrogen-bond acceptors (Lipinski definition) is 5. The molecule has 0 amide bonds. The topological polar surface area (TPSA) is 63.0 Å².